The van der Waals surface area contributed by atoms with Crippen molar-refractivity contribution in [1.29, 1.82) is 0 Å². The first kappa shape index (κ1) is 21.7. The van der Waals surface area contributed by atoms with Crippen LogP contribution in [0.3, 0.4) is 0 Å². The zero-order chi connectivity index (χ0) is 21.5. The lowest BCUT2D eigenvalue weighted by molar-refractivity contribution is -0.917. The van der Waals surface area contributed by atoms with Crippen LogP contribution in [0.2, 0.25) is 0 Å². The summed E-state index contributed by atoms with van der Waals surface area (Å²) in [6, 6.07) is 9.52. The smallest absolute Gasteiger partial charge is 0.260 e. The van der Waals surface area contributed by atoms with Gasteiger partial charge < -0.3 is 28.7 Å². The third-order valence-corrected chi connectivity index (χ3v) is 5.23. The lowest BCUT2D eigenvalue weighted by Crippen LogP contribution is -3.13. The quantitative estimate of drug-likeness (QED) is 0.696. The number of methoxy groups -OCH3 is 3. The number of piperazine rings is 1. The monoisotopic (exact) mass is 419 g/mol. The van der Waals surface area contributed by atoms with E-state index in [1.165, 1.54) is 29.2 Å². The molecule has 2 aromatic carbocycles. The molecule has 8 heteroatoms. The molecule has 0 atom stereocenters. The Bertz CT molecular complexity index is 851. The summed E-state index contributed by atoms with van der Waals surface area (Å²) >= 11 is 0. The SMILES string of the molecule is COc1ccc(C[NH+]2CCN(C(=O)COc3ccc(F)cc3)CC2)c(OC)c1OC. The van der Waals surface area contributed by atoms with Crippen molar-refractivity contribution < 1.29 is 33.0 Å². The molecule has 3 rings (SSSR count). The Morgan fingerprint density at radius 2 is 1.63 bits per heavy atom. The second kappa shape index (κ2) is 10.2. The molecule has 0 spiro atoms. The largest absolute Gasteiger partial charge is 0.493 e. The summed E-state index contributed by atoms with van der Waals surface area (Å²) in [5, 5.41) is 0. The van der Waals surface area contributed by atoms with Crippen LogP contribution in [-0.2, 0) is 11.3 Å². The Hall–Kier alpha value is -3.00. The average molecular weight is 419 g/mol. The van der Waals surface area contributed by atoms with E-state index in [9.17, 15) is 9.18 Å². The van der Waals surface area contributed by atoms with Crippen LogP contribution < -0.4 is 23.8 Å². The lowest BCUT2D eigenvalue weighted by atomic mass is 10.1. The topological polar surface area (TPSA) is 61.7 Å². The fraction of sp³-hybridized carbons (Fsp3) is 0.409. The van der Waals surface area contributed by atoms with Crippen LogP contribution in [0.15, 0.2) is 36.4 Å². The summed E-state index contributed by atoms with van der Waals surface area (Å²) in [4.78, 5) is 15.6. The zero-order valence-electron chi connectivity index (χ0n) is 17.6. The highest BCUT2D eigenvalue weighted by atomic mass is 19.1. The van der Waals surface area contributed by atoms with Crippen LogP contribution in [0.1, 0.15) is 5.56 Å². The van der Waals surface area contributed by atoms with Crippen LogP contribution in [0.25, 0.3) is 0 Å². The van der Waals surface area contributed by atoms with Crippen molar-refractivity contribution in [2.75, 3.05) is 54.1 Å². The average Bonchev–Trinajstić information content (AvgIpc) is 2.78. The molecule has 0 saturated carbocycles. The minimum Gasteiger partial charge on any atom is -0.493 e. The Morgan fingerprint density at radius 3 is 2.23 bits per heavy atom. The maximum absolute atomic E-state index is 12.9. The standard InChI is InChI=1S/C22H27FN2O5/c1-27-19-9-4-16(21(28-2)22(19)29-3)14-24-10-12-25(13-11-24)20(26)15-30-18-7-5-17(23)6-8-18/h4-9H,10-15H2,1-3H3/p+1. The number of benzene rings is 2. The number of halogens is 1. The first-order valence-electron chi connectivity index (χ1n) is 9.83. The highest BCUT2D eigenvalue weighted by Crippen LogP contribution is 2.39. The van der Waals surface area contributed by atoms with E-state index < -0.39 is 0 Å². The number of hydrogen-bond acceptors (Lipinski definition) is 5. The molecule has 1 aliphatic heterocycles. The summed E-state index contributed by atoms with van der Waals surface area (Å²) in [6.45, 7) is 3.65. The van der Waals surface area contributed by atoms with Crippen LogP contribution in [0.5, 0.6) is 23.0 Å². The molecule has 0 aromatic heterocycles. The second-order valence-electron chi connectivity index (χ2n) is 7.04. The van der Waals surface area contributed by atoms with Gasteiger partial charge in [-0.1, -0.05) is 0 Å². The highest BCUT2D eigenvalue weighted by Gasteiger charge is 2.26. The van der Waals surface area contributed by atoms with Gasteiger partial charge in [0.1, 0.15) is 18.1 Å². The molecule has 1 N–H and O–H groups in total. The normalized spacial score (nSPS) is 14.3. The fourth-order valence-corrected chi connectivity index (χ4v) is 3.59. The van der Waals surface area contributed by atoms with E-state index in [0.29, 0.717) is 36.1 Å². The van der Waals surface area contributed by atoms with Gasteiger partial charge in [0.2, 0.25) is 5.75 Å². The van der Waals surface area contributed by atoms with Gasteiger partial charge >= 0.3 is 0 Å². The molecule has 0 bridgehead atoms. The molecular weight excluding hydrogens is 391 g/mol. The molecule has 0 aliphatic carbocycles. The van der Waals surface area contributed by atoms with Gasteiger partial charge in [0.05, 0.1) is 53.1 Å². The number of hydrogen-bond donors (Lipinski definition) is 1. The fourth-order valence-electron chi connectivity index (χ4n) is 3.59. The van der Waals surface area contributed by atoms with Crippen molar-refractivity contribution in [3.8, 4) is 23.0 Å². The summed E-state index contributed by atoms with van der Waals surface area (Å²) in [5.41, 5.74) is 1.03. The number of carbonyl (C=O) groups is 1. The third kappa shape index (κ3) is 5.13. The van der Waals surface area contributed by atoms with Crippen molar-refractivity contribution in [3.05, 3.63) is 47.8 Å². The number of quaternary nitrogens is 1. The molecule has 1 heterocycles. The number of carbonyl (C=O) groups excluding carboxylic acids is 1. The molecule has 0 unspecified atom stereocenters. The van der Waals surface area contributed by atoms with Gasteiger partial charge in [-0.15, -0.1) is 0 Å². The van der Waals surface area contributed by atoms with E-state index in [0.717, 1.165) is 25.2 Å². The van der Waals surface area contributed by atoms with Crippen molar-refractivity contribution in [2.24, 2.45) is 0 Å². The van der Waals surface area contributed by atoms with Gasteiger partial charge in [0.15, 0.2) is 18.1 Å². The van der Waals surface area contributed by atoms with Gasteiger partial charge in [-0.3, -0.25) is 4.79 Å². The first-order chi connectivity index (χ1) is 14.5. The van der Waals surface area contributed by atoms with Crippen LogP contribution in [0.4, 0.5) is 4.39 Å². The van der Waals surface area contributed by atoms with Crippen molar-refractivity contribution in [1.82, 2.24) is 4.90 Å². The summed E-state index contributed by atoms with van der Waals surface area (Å²) < 4.78 is 34.8. The Labute approximate surface area is 175 Å². The molecule has 2 aromatic rings. The van der Waals surface area contributed by atoms with Crippen molar-refractivity contribution in [2.45, 2.75) is 6.54 Å². The number of nitrogens with one attached hydrogen (secondary N) is 1. The third-order valence-electron chi connectivity index (χ3n) is 5.23. The maximum atomic E-state index is 12.9. The predicted molar refractivity (Wildman–Crippen MR) is 109 cm³/mol. The Balaban J connectivity index is 1.53. The number of amides is 1. The van der Waals surface area contributed by atoms with Gasteiger partial charge in [-0.25, -0.2) is 4.39 Å². The predicted octanol–water partition coefficient (Wildman–Crippen LogP) is 1.16. The number of ether oxygens (including phenoxy) is 4. The summed E-state index contributed by atoms with van der Waals surface area (Å²) in [6.07, 6.45) is 0. The minimum atomic E-state index is -0.334. The highest BCUT2D eigenvalue weighted by molar-refractivity contribution is 5.77. The first-order valence-corrected chi connectivity index (χ1v) is 9.83. The molecule has 30 heavy (non-hydrogen) atoms. The Morgan fingerprint density at radius 1 is 0.967 bits per heavy atom. The van der Waals surface area contributed by atoms with Gasteiger partial charge in [-0.05, 0) is 36.4 Å². The van der Waals surface area contributed by atoms with Crippen LogP contribution in [0, 0.1) is 5.82 Å². The maximum Gasteiger partial charge on any atom is 0.260 e. The van der Waals surface area contributed by atoms with Gasteiger partial charge in [-0.2, -0.15) is 0 Å². The molecule has 162 valence electrons. The number of rotatable bonds is 8. The van der Waals surface area contributed by atoms with E-state index in [-0.39, 0.29) is 18.3 Å². The molecular formula is C22H28FN2O5+. The van der Waals surface area contributed by atoms with Gasteiger partial charge in [0.25, 0.3) is 5.91 Å². The van der Waals surface area contributed by atoms with E-state index in [4.69, 9.17) is 18.9 Å². The Kier molecular flexibility index (Phi) is 7.35. The van der Waals surface area contributed by atoms with Crippen molar-refractivity contribution >= 4 is 5.91 Å². The molecule has 1 amide bonds. The number of nitrogens with zero attached hydrogens (tertiary/aromatic N) is 1. The lowest BCUT2D eigenvalue weighted by Gasteiger charge is -2.32. The van der Waals surface area contributed by atoms with E-state index in [1.54, 1.807) is 26.2 Å². The molecule has 0 radical (unpaired) electrons. The summed E-state index contributed by atoms with van der Waals surface area (Å²) in [5.74, 6) is 1.97. The summed E-state index contributed by atoms with van der Waals surface area (Å²) in [7, 11) is 4.81. The van der Waals surface area contributed by atoms with E-state index >= 15 is 0 Å². The zero-order valence-corrected chi connectivity index (χ0v) is 17.6. The molecule has 1 aliphatic rings. The minimum absolute atomic E-state index is 0.0511. The molecule has 1 fully saturated rings. The van der Waals surface area contributed by atoms with Crippen molar-refractivity contribution in [3.63, 3.8) is 0 Å². The van der Waals surface area contributed by atoms with Gasteiger partial charge in [0, 0.05) is 0 Å². The second-order valence-corrected chi connectivity index (χ2v) is 7.04. The van der Waals surface area contributed by atoms with E-state index in [1.807, 2.05) is 12.1 Å². The molecule has 7 nitrogen and oxygen atoms in total. The molecule has 1 saturated heterocycles. The van der Waals surface area contributed by atoms with Crippen LogP contribution in [-0.4, -0.2) is 64.9 Å². The van der Waals surface area contributed by atoms with Crippen LogP contribution >= 0.6 is 0 Å². The van der Waals surface area contributed by atoms with E-state index in [2.05, 4.69) is 0 Å².